The van der Waals surface area contributed by atoms with Gasteiger partial charge in [-0.15, -0.1) is 0 Å². The molecule has 188 valence electrons. The van der Waals surface area contributed by atoms with Gasteiger partial charge in [-0.2, -0.15) is 16.9 Å². The Morgan fingerprint density at radius 2 is 1.92 bits per heavy atom. The average molecular weight is 546 g/mol. The molecule has 1 aliphatic heterocycles. The van der Waals surface area contributed by atoms with Gasteiger partial charge in [0.05, 0.1) is 23.9 Å². The van der Waals surface area contributed by atoms with Crippen LogP contribution in [0.5, 0.6) is 11.5 Å². The minimum absolute atomic E-state index is 0.0185. The van der Waals surface area contributed by atoms with Crippen LogP contribution in [0.4, 0.5) is 5.69 Å². The van der Waals surface area contributed by atoms with E-state index in [0.717, 1.165) is 27.1 Å². The number of ether oxygens (including phenoxy) is 2. The zero-order valence-electron chi connectivity index (χ0n) is 19.3. The van der Waals surface area contributed by atoms with Crippen molar-refractivity contribution in [2.75, 3.05) is 29.5 Å². The number of amides is 1. The molecule has 0 spiro atoms. The van der Waals surface area contributed by atoms with Crippen LogP contribution >= 0.6 is 23.4 Å². The Hall–Kier alpha value is -3.21. The Balaban J connectivity index is 1.53. The summed E-state index contributed by atoms with van der Waals surface area (Å²) in [5, 5.41) is 4.29. The predicted molar refractivity (Wildman–Crippen MR) is 143 cm³/mol. The van der Waals surface area contributed by atoms with E-state index in [9.17, 15) is 13.2 Å². The lowest BCUT2D eigenvalue weighted by Gasteiger charge is -2.25. The van der Waals surface area contributed by atoms with Crippen molar-refractivity contribution < 1.29 is 22.7 Å². The second-order valence-electron chi connectivity index (χ2n) is 7.78. The molecule has 4 rings (SSSR count). The van der Waals surface area contributed by atoms with Gasteiger partial charge in [-0.1, -0.05) is 41.9 Å². The zero-order valence-corrected chi connectivity index (χ0v) is 21.7. The molecule has 36 heavy (non-hydrogen) atoms. The number of nitrogens with zero attached hydrogens (tertiary/aromatic N) is 2. The Kier molecular flexibility index (Phi) is 8.40. The summed E-state index contributed by atoms with van der Waals surface area (Å²) in [4.78, 5) is 12.8. The Labute approximate surface area is 219 Å². The number of rotatable bonds is 10. The summed E-state index contributed by atoms with van der Waals surface area (Å²) in [6.45, 7) is -0.548. The lowest BCUT2D eigenvalue weighted by atomic mass is 10.2. The number of hydrazone groups is 1. The normalized spacial score (nSPS) is 13.7. The van der Waals surface area contributed by atoms with Gasteiger partial charge in [-0.25, -0.2) is 13.8 Å². The number of hydrogen-bond acceptors (Lipinski definition) is 7. The highest BCUT2D eigenvalue weighted by molar-refractivity contribution is 8.00. The number of halogens is 1. The Morgan fingerprint density at radius 1 is 1.14 bits per heavy atom. The first kappa shape index (κ1) is 25.9. The van der Waals surface area contributed by atoms with Gasteiger partial charge in [0.2, 0.25) is 0 Å². The van der Waals surface area contributed by atoms with Crippen LogP contribution in [0.15, 0.2) is 82.8 Å². The molecule has 0 unspecified atom stereocenters. The van der Waals surface area contributed by atoms with Crippen LogP contribution in [0.3, 0.4) is 0 Å². The number of nitrogens with one attached hydrogen (secondary N) is 1. The van der Waals surface area contributed by atoms with E-state index in [1.54, 1.807) is 30.3 Å². The van der Waals surface area contributed by atoms with Crippen LogP contribution in [-0.2, 0) is 14.8 Å². The molecule has 1 N–H and O–H groups in total. The third kappa shape index (κ3) is 6.31. The molecule has 1 heterocycles. The first-order valence-electron chi connectivity index (χ1n) is 10.9. The Morgan fingerprint density at radius 3 is 2.61 bits per heavy atom. The molecule has 1 amide bonds. The fraction of sp³-hybridized carbons (Fsp3) is 0.200. The lowest BCUT2D eigenvalue weighted by Crippen LogP contribution is -2.39. The summed E-state index contributed by atoms with van der Waals surface area (Å²) in [5.74, 6) is 2.26. The largest absolute Gasteiger partial charge is 0.495 e. The molecule has 1 aliphatic rings. The monoisotopic (exact) mass is 545 g/mol. The maximum atomic E-state index is 13.5. The van der Waals surface area contributed by atoms with Gasteiger partial charge in [0, 0.05) is 16.5 Å². The van der Waals surface area contributed by atoms with E-state index in [4.69, 9.17) is 21.1 Å². The molecular weight excluding hydrogens is 522 g/mol. The average Bonchev–Trinajstić information content (AvgIpc) is 2.85. The number of carbonyl (C=O) groups excluding carboxylic acids is 1. The second-order valence-corrected chi connectivity index (χ2v) is 11.2. The van der Waals surface area contributed by atoms with Crippen molar-refractivity contribution in [3.8, 4) is 11.5 Å². The van der Waals surface area contributed by atoms with Crippen LogP contribution in [0.25, 0.3) is 0 Å². The highest BCUT2D eigenvalue weighted by atomic mass is 35.5. The third-order valence-corrected chi connectivity index (χ3v) is 8.42. The lowest BCUT2D eigenvalue weighted by molar-refractivity contribution is -0.119. The molecule has 3 aromatic carbocycles. The number of sulfonamides is 1. The van der Waals surface area contributed by atoms with Gasteiger partial charge in [-0.3, -0.25) is 9.10 Å². The van der Waals surface area contributed by atoms with Crippen molar-refractivity contribution in [2.24, 2.45) is 5.10 Å². The number of hydrogen-bond donors (Lipinski definition) is 1. The van der Waals surface area contributed by atoms with E-state index < -0.39 is 22.5 Å². The van der Waals surface area contributed by atoms with Crippen molar-refractivity contribution in [3.05, 3.63) is 83.4 Å². The minimum atomic E-state index is -4.13. The molecule has 0 bridgehead atoms. The van der Waals surface area contributed by atoms with E-state index in [2.05, 4.69) is 10.5 Å². The molecule has 0 radical (unpaired) electrons. The minimum Gasteiger partial charge on any atom is -0.495 e. The molecule has 0 saturated carbocycles. The van der Waals surface area contributed by atoms with Gasteiger partial charge >= 0.3 is 0 Å². The van der Waals surface area contributed by atoms with Crippen LogP contribution in [0.2, 0.25) is 5.02 Å². The number of carbonyl (C=O) groups is 1. The van der Waals surface area contributed by atoms with Crippen molar-refractivity contribution in [3.63, 3.8) is 0 Å². The zero-order chi connectivity index (χ0) is 25.5. The van der Waals surface area contributed by atoms with E-state index >= 15 is 0 Å². The molecule has 3 aromatic rings. The van der Waals surface area contributed by atoms with Crippen molar-refractivity contribution >= 4 is 51.2 Å². The van der Waals surface area contributed by atoms with E-state index in [1.165, 1.54) is 31.5 Å². The fourth-order valence-electron chi connectivity index (χ4n) is 3.36. The summed E-state index contributed by atoms with van der Waals surface area (Å²) < 4.78 is 39.1. The van der Waals surface area contributed by atoms with Crippen molar-refractivity contribution in [1.29, 1.82) is 0 Å². The number of methoxy groups -OCH3 is 1. The summed E-state index contributed by atoms with van der Waals surface area (Å²) >= 11 is 7.98. The highest BCUT2D eigenvalue weighted by Gasteiger charge is 2.29. The number of benzene rings is 3. The van der Waals surface area contributed by atoms with Crippen LogP contribution in [-0.4, -0.2) is 51.8 Å². The summed E-state index contributed by atoms with van der Waals surface area (Å²) in [6.07, 6.45) is 1.68. The summed E-state index contributed by atoms with van der Waals surface area (Å²) in [6, 6.07) is 19.7. The maximum Gasteiger partial charge on any atom is 0.264 e. The second kappa shape index (κ2) is 11.7. The topological polar surface area (TPSA) is 97.3 Å². The van der Waals surface area contributed by atoms with Crippen LogP contribution in [0.1, 0.15) is 5.56 Å². The molecule has 11 heteroatoms. The van der Waals surface area contributed by atoms with Gasteiger partial charge in [0.25, 0.3) is 15.9 Å². The maximum absolute atomic E-state index is 13.5. The molecule has 8 nitrogen and oxygen atoms in total. The Bertz CT molecular complexity index is 1350. The molecular formula is C25H24ClN3O5S2. The molecule has 1 saturated heterocycles. The van der Waals surface area contributed by atoms with Gasteiger partial charge in [0.15, 0.2) is 0 Å². The van der Waals surface area contributed by atoms with E-state index in [-0.39, 0.29) is 22.4 Å². The molecule has 0 aromatic heterocycles. The van der Waals surface area contributed by atoms with Crippen LogP contribution < -0.4 is 19.2 Å². The molecule has 0 atom stereocenters. The van der Waals surface area contributed by atoms with Crippen LogP contribution in [0, 0.1) is 0 Å². The standard InChI is InChI=1S/C25H24ClN3O5S2/c1-33-24-11-10-19(26)13-23(24)29(36(31,32)22-8-3-2-4-9-22)15-25(30)28-27-14-18-6-5-7-20(12-18)34-21-16-35-17-21/h2-14,21H,15-17H2,1H3,(H,28,30)/b27-14+. The van der Waals surface area contributed by atoms with Gasteiger partial charge in [-0.05, 0) is 48.0 Å². The highest BCUT2D eigenvalue weighted by Crippen LogP contribution is 2.34. The van der Waals surface area contributed by atoms with Crippen molar-refractivity contribution in [1.82, 2.24) is 5.43 Å². The SMILES string of the molecule is COc1ccc(Cl)cc1N(CC(=O)N/N=C/c1cccc(OC2CSC2)c1)S(=O)(=O)c1ccccc1. The number of thioether (sulfide) groups is 1. The first-order valence-corrected chi connectivity index (χ1v) is 13.9. The van der Waals surface area contributed by atoms with Gasteiger partial charge in [0.1, 0.15) is 24.1 Å². The quantitative estimate of drug-likeness (QED) is 0.303. The summed E-state index contributed by atoms with van der Waals surface area (Å²) in [7, 11) is -2.72. The molecule has 1 fully saturated rings. The first-order chi connectivity index (χ1) is 17.4. The molecule has 0 aliphatic carbocycles. The van der Waals surface area contributed by atoms with Gasteiger partial charge < -0.3 is 9.47 Å². The summed E-state index contributed by atoms with van der Waals surface area (Å²) in [5.41, 5.74) is 3.25. The fourth-order valence-corrected chi connectivity index (χ4v) is 5.54. The van der Waals surface area contributed by atoms with Crippen molar-refractivity contribution in [2.45, 2.75) is 11.0 Å². The number of anilines is 1. The smallest absolute Gasteiger partial charge is 0.264 e. The predicted octanol–water partition coefficient (Wildman–Crippen LogP) is 4.19. The van der Waals surface area contributed by atoms with E-state index in [1.807, 2.05) is 36.0 Å². The third-order valence-electron chi connectivity index (χ3n) is 5.20. The van der Waals surface area contributed by atoms with E-state index in [0.29, 0.717) is 5.02 Å².